The third-order valence-electron chi connectivity index (χ3n) is 3.83. The van der Waals surface area contributed by atoms with Crippen LogP contribution in [0.2, 0.25) is 0 Å². The van der Waals surface area contributed by atoms with E-state index in [9.17, 15) is 13.2 Å². The monoisotopic (exact) mass is 424 g/mol. The number of benzene rings is 2. The Balaban J connectivity index is 1.92. The Bertz CT molecular complexity index is 878. The van der Waals surface area contributed by atoms with Crippen molar-refractivity contribution in [2.24, 2.45) is 0 Å². The Morgan fingerprint density at radius 3 is 2.28 bits per heavy atom. The van der Waals surface area contributed by atoms with Crippen molar-refractivity contribution in [3.05, 3.63) is 57.6 Å². The number of carbonyl (C=O) groups excluding carboxylic acids is 1. The fraction of sp³-hybridized carbons (Fsp3) is 0.278. The van der Waals surface area contributed by atoms with Gasteiger partial charge in [0.1, 0.15) is 0 Å². The molecular weight excluding hydrogens is 404 g/mol. The molecule has 0 fully saturated rings. The number of hydrogen-bond donors (Lipinski definition) is 2. The van der Waals surface area contributed by atoms with Crippen LogP contribution in [0.1, 0.15) is 23.1 Å². The lowest BCUT2D eigenvalue weighted by molar-refractivity contribution is -0.116. The summed E-state index contributed by atoms with van der Waals surface area (Å²) in [5, 5.41) is 2.79. The number of halogens is 1. The van der Waals surface area contributed by atoms with Gasteiger partial charge in [-0.1, -0.05) is 17.7 Å². The molecule has 2 rings (SSSR count). The van der Waals surface area contributed by atoms with Crippen LogP contribution in [0.4, 0.5) is 5.69 Å². The van der Waals surface area contributed by atoms with E-state index >= 15 is 0 Å². The SMILES string of the molecule is Cc1ccc(S(=O)(=O)NCCC(=O)Nc2cc(C)c(C)cc2Br)cc1. The minimum absolute atomic E-state index is 0.0322. The lowest BCUT2D eigenvalue weighted by Gasteiger charge is -2.11. The molecule has 2 N–H and O–H groups in total. The smallest absolute Gasteiger partial charge is 0.240 e. The fourth-order valence-corrected chi connectivity index (χ4v) is 3.78. The van der Waals surface area contributed by atoms with E-state index in [1.165, 1.54) is 0 Å². The zero-order valence-corrected chi connectivity index (χ0v) is 16.8. The normalized spacial score (nSPS) is 11.4. The molecule has 2 aromatic carbocycles. The minimum atomic E-state index is -3.61. The summed E-state index contributed by atoms with van der Waals surface area (Å²) in [5.41, 5.74) is 3.85. The molecule has 0 saturated heterocycles. The van der Waals surface area contributed by atoms with Gasteiger partial charge >= 0.3 is 0 Å². The van der Waals surface area contributed by atoms with Crippen molar-refractivity contribution < 1.29 is 13.2 Å². The van der Waals surface area contributed by atoms with E-state index in [0.717, 1.165) is 21.2 Å². The molecule has 0 atom stereocenters. The summed E-state index contributed by atoms with van der Waals surface area (Å²) in [7, 11) is -3.61. The summed E-state index contributed by atoms with van der Waals surface area (Å²) in [6, 6.07) is 10.4. The molecule has 0 heterocycles. The molecule has 0 aliphatic rings. The van der Waals surface area contributed by atoms with Crippen LogP contribution in [0.15, 0.2) is 45.8 Å². The highest BCUT2D eigenvalue weighted by atomic mass is 79.9. The molecule has 134 valence electrons. The number of rotatable bonds is 6. The highest BCUT2D eigenvalue weighted by Gasteiger charge is 2.14. The van der Waals surface area contributed by atoms with Gasteiger partial charge in [0.05, 0.1) is 10.6 Å². The van der Waals surface area contributed by atoms with Crippen LogP contribution in [-0.2, 0) is 14.8 Å². The summed E-state index contributed by atoms with van der Waals surface area (Å²) < 4.78 is 27.6. The molecule has 0 aliphatic heterocycles. The van der Waals surface area contributed by atoms with Crippen molar-refractivity contribution in [1.29, 1.82) is 0 Å². The average molecular weight is 425 g/mol. The van der Waals surface area contributed by atoms with E-state index in [4.69, 9.17) is 0 Å². The molecule has 0 unspecified atom stereocenters. The fourth-order valence-electron chi connectivity index (χ4n) is 2.19. The van der Waals surface area contributed by atoms with Crippen LogP contribution in [0, 0.1) is 20.8 Å². The largest absolute Gasteiger partial charge is 0.325 e. The van der Waals surface area contributed by atoms with Crippen molar-refractivity contribution in [2.75, 3.05) is 11.9 Å². The van der Waals surface area contributed by atoms with Crippen molar-refractivity contribution in [1.82, 2.24) is 4.72 Å². The first-order chi connectivity index (χ1) is 11.7. The van der Waals surface area contributed by atoms with Gasteiger partial charge in [-0.05, 0) is 72.1 Å². The van der Waals surface area contributed by atoms with Gasteiger partial charge in [0.2, 0.25) is 15.9 Å². The third-order valence-corrected chi connectivity index (χ3v) is 5.97. The second-order valence-electron chi connectivity index (χ2n) is 5.93. The number of nitrogens with one attached hydrogen (secondary N) is 2. The number of anilines is 1. The van der Waals surface area contributed by atoms with Crippen LogP contribution >= 0.6 is 15.9 Å². The molecule has 25 heavy (non-hydrogen) atoms. The maximum atomic E-state index is 12.2. The number of aryl methyl sites for hydroxylation is 3. The van der Waals surface area contributed by atoms with Gasteiger partial charge in [-0.25, -0.2) is 13.1 Å². The Hall–Kier alpha value is -1.70. The second kappa shape index (κ2) is 8.12. The van der Waals surface area contributed by atoms with Crippen LogP contribution < -0.4 is 10.0 Å². The predicted molar refractivity (Wildman–Crippen MR) is 103 cm³/mol. The zero-order chi connectivity index (χ0) is 18.6. The summed E-state index contributed by atoms with van der Waals surface area (Å²) in [6.45, 7) is 5.88. The molecule has 7 heteroatoms. The highest BCUT2D eigenvalue weighted by molar-refractivity contribution is 9.10. The first kappa shape index (κ1) is 19.6. The molecule has 0 spiro atoms. The Kier molecular flexibility index (Phi) is 6.37. The maximum absolute atomic E-state index is 12.2. The van der Waals surface area contributed by atoms with E-state index in [1.807, 2.05) is 32.9 Å². The van der Waals surface area contributed by atoms with E-state index < -0.39 is 10.0 Å². The van der Waals surface area contributed by atoms with E-state index in [1.54, 1.807) is 24.3 Å². The zero-order valence-electron chi connectivity index (χ0n) is 14.4. The Labute approximate surface area is 157 Å². The molecule has 0 aliphatic carbocycles. The van der Waals surface area contributed by atoms with Gasteiger partial charge < -0.3 is 5.32 Å². The third kappa shape index (κ3) is 5.39. The van der Waals surface area contributed by atoms with Gasteiger partial charge in [-0.3, -0.25) is 4.79 Å². The van der Waals surface area contributed by atoms with Gasteiger partial charge in [0, 0.05) is 17.4 Å². The highest BCUT2D eigenvalue weighted by Crippen LogP contribution is 2.26. The topological polar surface area (TPSA) is 75.3 Å². The van der Waals surface area contributed by atoms with Crippen molar-refractivity contribution >= 4 is 37.5 Å². The Morgan fingerprint density at radius 1 is 1.04 bits per heavy atom. The lowest BCUT2D eigenvalue weighted by atomic mass is 10.1. The summed E-state index contributed by atoms with van der Waals surface area (Å²) >= 11 is 3.42. The van der Waals surface area contributed by atoms with Crippen molar-refractivity contribution in [3.63, 3.8) is 0 Å². The van der Waals surface area contributed by atoms with Crippen LogP contribution in [0.25, 0.3) is 0 Å². The van der Waals surface area contributed by atoms with Gasteiger partial charge in [0.15, 0.2) is 0 Å². The average Bonchev–Trinajstić information content (AvgIpc) is 2.53. The number of hydrogen-bond acceptors (Lipinski definition) is 3. The molecule has 1 amide bonds. The minimum Gasteiger partial charge on any atom is -0.325 e. The number of amides is 1. The molecule has 0 radical (unpaired) electrons. The van der Waals surface area contributed by atoms with Crippen molar-refractivity contribution in [3.8, 4) is 0 Å². The van der Waals surface area contributed by atoms with Crippen molar-refractivity contribution in [2.45, 2.75) is 32.1 Å². The first-order valence-corrected chi connectivity index (χ1v) is 10.1. The lowest BCUT2D eigenvalue weighted by Crippen LogP contribution is -2.27. The van der Waals surface area contributed by atoms with Gasteiger partial charge in [0.25, 0.3) is 0 Å². The quantitative estimate of drug-likeness (QED) is 0.742. The maximum Gasteiger partial charge on any atom is 0.240 e. The van der Waals surface area contributed by atoms with E-state index in [2.05, 4.69) is 26.0 Å². The summed E-state index contributed by atoms with van der Waals surface area (Å²) in [5.74, 6) is -0.254. The Morgan fingerprint density at radius 2 is 1.64 bits per heavy atom. The predicted octanol–water partition coefficient (Wildman–Crippen LogP) is 3.68. The second-order valence-corrected chi connectivity index (χ2v) is 8.55. The molecule has 0 saturated carbocycles. The van der Waals surface area contributed by atoms with Crippen LogP contribution in [0.3, 0.4) is 0 Å². The molecule has 2 aromatic rings. The van der Waals surface area contributed by atoms with E-state index in [0.29, 0.717) is 5.69 Å². The first-order valence-electron chi connectivity index (χ1n) is 7.82. The molecular formula is C18H21BrN2O3S. The van der Waals surface area contributed by atoms with Crippen LogP contribution in [-0.4, -0.2) is 20.9 Å². The molecule has 0 aromatic heterocycles. The van der Waals surface area contributed by atoms with E-state index in [-0.39, 0.29) is 23.8 Å². The van der Waals surface area contributed by atoms with Crippen LogP contribution in [0.5, 0.6) is 0 Å². The number of sulfonamides is 1. The molecule has 5 nitrogen and oxygen atoms in total. The van der Waals surface area contributed by atoms with Gasteiger partial charge in [-0.2, -0.15) is 0 Å². The van der Waals surface area contributed by atoms with Gasteiger partial charge in [-0.15, -0.1) is 0 Å². The standard InChI is InChI=1S/C18H21BrN2O3S/c1-12-4-6-15(7-5-12)25(23,24)20-9-8-18(22)21-17-11-14(3)13(2)10-16(17)19/h4-7,10-11,20H,8-9H2,1-3H3,(H,21,22). The number of carbonyl (C=O) groups is 1. The molecule has 0 bridgehead atoms. The summed E-state index contributed by atoms with van der Waals surface area (Å²) in [4.78, 5) is 12.3. The summed E-state index contributed by atoms with van der Waals surface area (Å²) in [6.07, 6.45) is 0.0461.